The van der Waals surface area contributed by atoms with Crippen LogP contribution in [0.2, 0.25) is 0 Å². The van der Waals surface area contributed by atoms with Crippen LogP contribution in [0.4, 0.5) is 4.39 Å². The van der Waals surface area contributed by atoms with Crippen LogP contribution in [0.3, 0.4) is 0 Å². The summed E-state index contributed by atoms with van der Waals surface area (Å²) >= 11 is 0. The standard InChI is InChI=1S/C11H21FN2/c12-5-1-6-13-8-10-4-7-14(9-10)11-2-3-11/h10-11,13H,1-9H2. The molecule has 2 rings (SSSR count). The van der Waals surface area contributed by atoms with Gasteiger partial charge in [-0.1, -0.05) is 0 Å². The van der Waals surface area contributed by atoms with Gasteiger partial charge in [-0.25, -0.2) is 0 Å². The van der Waals surface area contributed by atoms with E-state index in [1.165, 1.54) is 32.4 Å². The Morgan fingerprint density at radius 2 is 2.14 bits per heavy atom. The van der Waals surface area contributed by atoms with E-state index in [1.807, 2.05) is 0 Å². The highest BCUT2D eigenvalue weighted by molar-refractivity contribution is 4.89. The third-order valence-electron chi connectivity index (χ3n) is 3.30. The van der Waals surface area contributed by atoms with Crippen molar-refractivity contribution >= 4 is 0 Å². The lowest BCUT2D eigenvalue weighted by Gasteiger charge is -2.14. The Hall–Kier alpha value is -0.150. The second kappa shape index (κ2) is 5.08. The average molecular weight is 200 g/mol. The lowest BCUT2D eigenvalue weighted by atomic mass is 10.1. The summed E-state index contributed by atoms with van der Waals surface area (Å²) in [7, 11) is 0. The summed E-state index contributed by atoms with van der Waals surface area (Å²) in [5, 5.41) is 3.34. The SMILES string of the molecule is FCCCNCC1CCN(C2CC2)C1. The van der Waals surface area contributed by atoms with Crippen LogP contribution in [0.5, 0.6) is 0 Å². The molecule has 0 spiro atoms. The molecule has 0 amide bonds. The largest absolute Gasteiger partial charge is 0.316 e. The highest BCUT2D eigenvalue weighted by Gasteiger charge is 2.33. The predicted octanol–water partition coefficient (Wildman–Crippen LogP) is 1.42. The van der Waals surface area contributed by atoms with Gasteiger partial charge in [-0.05, 0) is 51.2 Å². The fraction of sp³-hybridized carbons (Fsp3) is 1.00. The molecule has 1 saturated heterocycles. The van der Waals surface area contributed by atoms with E-state index in [2.05, 4.69) is 10.2 Å². The summed E-state index contributed by atoms with van der Waals surface area (Å²) in [5.41, 5.74) is 0. The molecule has 1 unspecified atom stereocenters. The van der Waals surface area contributed by atoms with Gasteiger partial charge in [-0.2, -0.15) is 0 Å². The van der Waals surface area contributed by atoms with E-state index in [9.17, 15) is 4.39 Å². The van der Waals surface area contributed by atoms with Crippen LogP contribution < -0.4 is 5.32 Å². The molecule has 0 bridgehead atoms. The van der Waals surface area contributed by atoms with Crippen molar-refractivity contribution in [2.75, 3.05) is 32.9 Å². The molecule has 1 aliphatic heterocycles. The normalized spacial score (nSPS) is 28.5. The molecular formula is C11H21FN2. The minimum absolute atomic E-state index is 0.189. The summed E-state index contributed by atoms with van der Waals surface area (Å²) in [6, 6.07) is 0.922. The van der Waals surface area contributed by atoms with Gasteiger partial charge in [0.05, 0.1) is 6.67 Å². The number of rotatable bonds is 6. The van der Waals surface area contributed by atoms with Crippen LogP contribution >= 0.6 is 0 Å². The van der Waals surface area contributed by atoms with Crippen molar-refractivity contribution in [1.82, 2.24) is 10.2 Å². The van der Waals surface area contributed by atoms with Crippen LogP contribution in [0.15, 0.2) is 0 Å². The van der Waals surface area contributed by atoms with Gasteiger partial charge in [0, 0.05) is 12.6 Å². The Balaban J connectivity index is 1.54. The highest BCUT2D eigenvalue weighted by atomic mass is 19.1. The lowest BCUT2D eigenvalue weighted by Crippen LogP contribution is -2.28. The average Bonchev–Trinajstić information content (AvgIpc) is 2.94. The minimum Gasteiger partial charge on any atom is -0.316 e. The summed E-state index contributed by atoms with van der Waals surface area (Å²) < 4.78 is 11.8. The fourth-order valence-electron chi connectivity index (χ4n) is 2.30. The maximum Gasteiger partial charge on any atom is 0.0906 e. The van der Waals surface area contributed by atoms with Crippen molar-refractivity contribution in [2.45, 2.75) is 31.7 Å². The number of hydrogen-bond acceptors (Lipinski definition) is 2. The minimum atomic E-state index is -0.189. The first-order valence-electron chi connectivity index (χ1n) is 5.91. The van der Waals surface area contributed by atoms with Gasteiger partial charge in [0.2, 0.25) is 0 Å². The molecule has 0 aromatic carbocycles. The number of halogens is 1. The maximum absolute atomic E-state index is 11.8. The molecule has 1 atom stereocenters. The van der Waals surface area contributed by atoms with E-state index in [0.29, 0.717) is 6.42 Å². The van der Waals surface area contributed by atoms with Crippen molar-refractivity contribution in [2.24, 2.45) is 5.92 Å². The van der Waals surface area contributed by atoms with Crippen molar-refractivity contribution in [3.8, 4) is 0 Å². The molecule has 0 aromatic heterocycles. The van der Waals surface area contributed by atoms with E-state index in [1.54, 1.807) is 0 Å². The van der Waals surface area contributed by atoms with Crippen LogP contribution in [-0.4, -0.2) is 43.8 Å². The first-order chi connectivity index (χ1) is 6.90. The molecule has 0 radical (unpaired) electrons. The van der Waals surface area contributed by atoms with Crippen LogP contribution in [0.25, 0.3) is 0 Å². The number of nitrogens with zero attached hydrogens (tertiary/aromatic N) is 1. The maximum atomic E-state index is 11.8. The smallest absolute Gasteiger partial charge is 0.0906 e. The molecule has 2 aliphatic rings. The first-order valence-corrected chi connectivity index (χ1v) is 5.91. The van der Waals surface area contributed by atoms with E-state index in [4.69, 9.17) is 0 Å². The summed E-state index contributed by atoms with van der Waals surface area (Å²) in [6.45, 7) is 4.30. The second-order valence-electron chi connectivity index (χ2n) is 4.63. The summed E-state index contributed by atoms with van der Waals surface area (Å²) in [4.78, 5) is 2.63. The fourth-order valence-corrected chi connectivity index (χ4v) is 2.30. The van der Waals surface area contributed by atoms with Crippen molar-refractivity contribution in [3.63, 3.8) is 0 Å². The van der Waals surface area contributed by atoms with Crippen molar-refractivity contribution < 1.29 is 4.39 Å². The predicted molar refractivity (Wildman–Crippen MR) is 56.2 cm³/mol. The van der Waals surface area contributed by atoms with Gasteiger partial charge in [-0.15, -0.1) is 0 Å². The Morgan fingerprint density at radius 3 is 2.86 bits per heavy atom. The Kier molecular flexibility index (Phi) is 3.76. The quantitative estimate of drug-likeness (QED) is 0.652. The molecule has 2 fully saturated rings. The molecule has 2 nitrogen and oxygen atoms in total. The van der Waals surface area contributed by atoms with E-state index in [0.717, 1.165) is 25.0 Å². The van der Waals surface area contributed by atoms with E-state index < -0.39 is 0 Å². The zero-order valence-corrected chi connectivity index (χ0v) is 8.84. The van der Waals surface area contributed by atoms with E-state index >= 15 is 0 Å². The van der Waals surface area contributed by atoms with Crippen molar-refractivity contribution in [1.29, 1.82) is 0 Å². The molecule has 1 heterocycles. The van der Waals surface area contributed by atoms with Gasteiger partial charge in [0.25, 0.3) is 0 Å². The second-order valence-corrected chi connectivity index (χ2v) is 4.63. The Morgan fingerprint density at radius 1 is 1.29 bits per heavy atom. The molecule has 14 heavy (non-hydrogen) atoms. The molecule has 1 saturated carbocycles. The van der Waals surface area contributed by atoms with Gasteiger partial charge in [-0.3, -0.25) is 4.39 Å². The Labute approximate surface area is 85.9 Å². The van der Waals surface area contributed by atoms with Gasteiger partial charge < -0.3 is 10.2 Å². The van der Waals surface area contributed by atoms with Gasteiger partial charge in [0.1, 0.15) is 0 Å². The molecule has 1 N–H and O–H groups in total. The molecule has 0 aromatic rings. The van der Waals surface area contributed by atoms with Gasteiger partial charge >= 0.3 is 0 Å². The topological polar surface area (TPSA) is 15.3 Å². The van der Waals surface area contributed by atoms with Gasteiger partial charge in [0.15, 0.2) is 0 Å². The third-order valence-corrected chi connectivity index (χ3v) is 3.30. The molecule has 3 heteroatoms. The molecular weight excluding hydrogens is 179 g/mol. The monoisotopic (exact) mass is 200 g/mol. The first kappa shape index (κ1) is 10.4. The number of hydrogen-bond donors (Lipinski definition) is 1. The third kappa shape index (κ3) is 2.92. The summed E-state index contributed by atoms with van der Waals surface area (Å²) in [6.07, 6.45) is 4.84. The summed E-state index contributed by atoms with van der Waals surface area (Å²) in [5.74, 6) is 0.815. The van der Waals surface area contributed by atoms with Crippen LogP contribution in [0, 0.1) is 5.92 Å². The number of likely N-dealkylation sites (tertiary alicyclic amines) is 1. The highest BCUT2D eigenvalue weighted by Crippen LogP contribution is 2.31. The zero-order valence-electron chi connectivity index (χ0n) is 8.84. The Bertz CT molecular complexity index is 171. The number of nitrogens with one attached hydrogen (secondary N) is 1. The van der Waals surface area contributed by atoms with Crippen molar-refractivity contribution in [3.05, 3.63) is 0 Å². The number of alkyl halides is 1. The van der Waals surface area contributed by atoms with Crippen LogP contribution in [-0.2, 0) is 0 Å². The van der Waals surface area contributed by atoms with Crippen LogP contribution in [0.1, 0.15) is 25.7 Å². The lowest BCUT2D eigenvalue weighted by molar-refractivity contribution is 0.311. The van der Waals surface area contributed by atoms with E-state index in [-0.39, 0.29) is 6.67 Å². The molecule has 1 aliphatic carbocycles. The molecule has 82 valence electrons. The zero-order chi connectivity index (χ0) is 9.80.